The van der Waals surface area contributed by atoms with Crippen molar-refractivity contribution >= 4 is 11.6 Å². The first-order valence-electron chi connectivity index (χ1n) is 6.81. The first-order valence-corrected chi connectivity index (χ1v) is 7.19. The average molecular weight is 290 g/mol. The standard InChI is InChI=1S/C17H20ClNO/c1-13(16-5-3-4-6-17(16)18)19-12-11-14-7-9-15(20-2)10-8-14/h3-10,13,19H,11-12H2,1-2H3/t13-/m1/s1. The molecule has 0 unspecified atom stereocenters. The van der Waals surface area contributed by atoms with E-state index in [2.05, 4.69) is 30.4 Å². The lowest BCUT2D eigenvalue weighted by Crippen LogP contribution is -2.21. The Bertz CT molecular complexity index is 539. The van der Waals surface area contributed by atoms with Gasteiger partial charge in [-0.25, -0.2) is 0 Å². The molecule has 0 aliphatic rings. The highest BCUT2D eigenvalue weighted by Crippen LogP contribution is 2.22. The second-order valence-electron chi connectivity index (χ2n) is 4.80. The second-order valence-corrected chi connectivity index (χ2v) is 5.20. The number of hydrogen-bond donors (Lipinski definition) is 1. The zero-order chi connectivity index (χ0) is 14.4. The van der Waals surface area contributed by atoms with Crippen molar-refractivity contribution in [2.24, 2.45) is 0 Å². The summed E-state index contributed by atoms with van der Waals surface area (Å²) in [4.78, 5) is 0. The molecule has 0 heterocycles. The van der Waals surface area contributed by atoms with Gasteiger partial charge in [-0.3, -0.25) is 0 Å². The molecule has 0 radical (unpaired) electrons. The Morgan fingerprint density at radius 1 is 1.10 bits per heavy atom. The molecule has 2 nitrogen and oxygen atoms in total. The van der Waals surface area contributed by atoms with Crippen LogP contribution >= 0.6 is 11.6 Å². The monoisotopic (exact) mass is 289 g/mol. The molecule has 0 spiro atoms. The fraction of sp³-hybridized carbons (Fsp3) is 0.294. The quantitative estimate of drug-likeness (QED) is 0.859. The van der Waals surface area contributed by atoms with E-state index in [0.29, 0.717) is 0 Å². The van der Waals surface area contributed by atoms with E-state index in [1.807, 2.05) is 30.3 Å². The Morgan fingerprint density at radius 2 is 1.80 bits per heavy atom. The van der Waals surface area contributed by atoms with E-state index in [1.165, 1.54) is 5.56 Å². The number of ether oxygens (including phenoxy) is 1. The van der Waals surface area contributed by atoms with Crippen LogP contribution in [0.25, 0.3) is 0 Å². The molecule has 2 aromatic carbocycles. The third kappa shape index (κ3) is 3.99. The molecular weight excluding hydrogens is 270 g/mol. The molecular formula is C17H20ClNO. The summed E-state index contributed by atoms with van der Waals surface area (Å²) in [6.07, 6.45) is 0.985. The van der Waals surface area contributed by atoms with Crippen molar-refractivity contribution < 1.29 is 4.74 Å². The van der Waals surface area contributed by atoms with Gasteiger partial charge in [0.15, 0.2) is 0 Å². The molecule has 0 saturated carbocycles. The largest absolute Gasteiger partial charge is 0.497 e. The molecule has 2 aromatic rings. The summed E-state index contributed by atoms with van der Waals surface area (Å²) < 4.78 is 5.15. The predicted octanol–water partition coefficient (Wildman–Crippen LogP) is 4.24. The third-order valence-corrected chi connectivity index (χ3v) is 3.74. The number of rotatable bonds is 6. The van der Waals surface area contributed by atoms with Gasteiger partial charge in [0.1, 0.15) is 5.75 Å². The molecule has 0 fully saturated rings. The lowest BCUT2D eigenvalue weighted by Gasteiger charge is -2.15. The van der Waals surface area contributed by atoms with Crippen LogP contribution in [0.5, 0.6) is 5.75 Å². The van der Waals surface area contributed by atoms with Crippen LogP contribution in [-0.4, -0.2) is 13.7 Å². The molecule has 0 saturated heterocycles. The molecule has 0 aliphatic heterocycles. The Morgan fingerprint density at radius 3 is 2.45 bits per heavy atom. The zero-order valence-electron chi connectivity index (χ0n) is 11.9. The van der Waals surface area contributed by atoms with Crippen molar-refractivity contribution in [3.05, 3.63) is 64.7 Å². The van der Waals surface area contributed by atoms with Crippen LogP contribution in [0.2, 0.25) is 5.02 Å². The Balaban J connectivity index is 1.84. The van der Waals surface area contributed by atoms with Gasteiger partial charge in [0.25, 0.3) is 0 Å². The van der Waals surface area contributed by atoms with Gasteiger partial charge >= 0.3 is 0 Å². The van der Waals surface area contributed by atoms with E-state index < -0.39 is 0 Å². The minimum atomic E-state index is 0.252. The number of halogens is 1. The molecule has 20 heavy (non-hydrogen) atoms. The highest BCUT2D eigenvalue weighted by Gasteiger charge is 2.07. The summed E-state index contributed by atoms with van der Waals surface area (Å²) in [5.74, 6) is 0.895. The Kier molecular flexibility index (Phi) is 5.45. The molecule has 1 atom stereocenters. The fourth-order valence-corrected chi connectivity index (χ4v) is 2.46. The summed E-state index contributed by atoms with van der Waals surface area (Å²) in [7, 11) is 1.68. The molecule has 106 valence electrons. The summed E-state index contributed by atoms with van der Waals surface area (Å²) in [5, 5.41) is 4.32. The van der Waals surface area contributed by atoms with E-state index in [4.69, 9.17) is 16.3 Å². The van der Waals surface area contributed by atoms with E-state index in [1.54, 1.807) is 7.11 Å². The first-order chi connectivity index (χ1) is 9.70. The van der Waals surface area contributed by atoms with Crippen LogP contribution in [-0.2, 0) is 6.42 Å². The predicted molar refractivity (Wildman–Crippen MR) is 84.6 cm³/mol. The van der Waals surface area contributed by atoms with Crippen molar-refractivity contribution in [3.63, 3.8) is 0 Å². The number of nitrogens with one attached hydrogen (secondary N) is 1. The Labute approximate surface area is 125 Å². The maximum absolute atomic E-state index is 6.19. The number of methoxy groups -OCH3 is 1. The number of benzene rings is 2. The molecule has 1 N–H and O–H groups in total. The van der Waals surface area contributed by atoms with Gasteiger partial charge in [0.05, 0.1) is 7.11 Å². The van der Waals surface area contributed by atoms with Crippen molar-refractivity contribution in [2.75, 3.05) is 13.7 Å². The van der Waals surface area contributed by atoms with Gasteiger partial charge in [-0.05, 0) is 49.2 Å². The van der Waals surface area contributed by atoms with Crippen LogP contribution in [0.4, 0.5) is 0 Å². The molecule has 3 heteroatoms. The van der Waals surface area contributed by atoms with Gasteiger partial charge < -0.3 is 10.1 Å². The van der Waals surface area contributed by atoms with Gasteiger partial charge in [-0.2, -0.15) is 0 Å². The van der Waals surface area contributed by atoms with E-state index in [0.717, 1.165) is 29.3 Å². The van der Waals surface area contributed by atoms with Gasteiger partial charge in [0, 0.05) is 11.1 Å². The number of hydrogen-bond acceptors (Lipinski definition) is 2. The van der Waals surface area contributed by atoms with Gasteiger partial charge in [-0.15, -0.1) is 0 Å². The average Bonchev–Trinajstić information content (AvgIpc) is 2.48. The normalized spacial score (nSPS) is 12.2. The molecule has 0 aromatic heterocycles. The molecule has 0 bridgehead atoms. The maximum atomic E-state index is 6.19. The van der Waals surface area contributed by atoms with Crippen molar-refractivity contribution in [1.82, 2.24) is 5.32 Å². The first kappa shape index (κ1) is 14.9. The van der Waals surface area contributed by atoms with Crippen LogP contribution < -0.4 is 10.1 Å². The third-order valence-electron chi connectivity index (χ3n) is 3.39. The SMILES string of the molecule is COc1ccc(CCN[C@H](C)c2ccccc2Cl)cc1. The van der Waals surface area contributed by atoms with Crippen LogP contribution in [0.15, 0.2) is 48.5 Å². The van der Waals surface area contributed by atoms with E-state index >= 15 is 0 Å². The zero-order valence-corrected chi connectivity index (χ0v) is 12.7. The van der Waals surface area contributed by atoms with Gasteiger partial charge in [-0.1, -0.05) is 41.9 Å². The summed E-state index contributed by atoms with van der Waals surface area (Å²) in [6, 6.07) is 16.4. The highest BCUT2D eigenvalue weighted by molar-refractivity contribution is 6.31. The fourth-order valence-electron chi connectivity index (χ4n) is 2.16. The lowest BCUT2D eigenvalue weighted by atomic mass is 10.1. The molecule has 0 aliphatic carbocycles. The smallest absolute Gasteiger partial charge is 0.118 e. The van der Waals surface area contributed by atoms with Crippen molar-refractivity contribution in [1.29, 1.82) is 0 Å². The molecule has 0 amide bonds. The van der Waals surface area contributed by atoms with E-state index in [9.17, 15) is 0 Å². The lowest BCUT2D eigenvalue weighted by molar-refractivity contribution is 0.414. The second kappa shape index (κ2) is 7.32. The maximum Gasteiger partial charge on any atom is 0.118 e. The van der Waals surface area contributed by atoms with Crippen LogP contribution in [0.1, 0.15) is 24.1 Å². The summed E-state index contributed by atoms with van der Waals surface area (Å²) in [6.45, 7) is 3.05. The minimum absolute atomic E-state index is 0.252. The van der Waals surface area contributed by atoms with Gasteiger partial charge in [0.2, 0.25) is 0 Å². The minimum Gasteiger partial charge on any atom is -0.497 e. The van der Waals surface area contributed by atoms with Crippen molar-refractivity contribution in [2.45, 2.75) is 19.4 Å². The Hall–Kier alpha value is -1.51. The van der Waals surface area contributed by atoms with Crippen LogP contribution in [0, 0.1) is 0 Å². The summed E-state index contributed by atoms with van der Waals surface area (Å²) >= 11 is 6.19. The van der Waals surface area contributed by atoms with E-state index in [-0.39, 0.29) is 6.04 Å². The molecule has 2 rings (SSSR count). The van der Waals surface area contributed by atoms with Crippen molar-refractivity contribution in [3.8, 4) is 5.75 Å². The highest BCUT2D eigenvalue weighted by atomic mass is 35.5. The van der Waals surface area contributed by atoms with Crippen LogP contribution in [0.3, 0.4) is 0 Å². The topological polar surface area (TPSA) is 21.3 Å². The summed E-state index contributed by atoms with van der Waals surface area (Å²) in [5.41, 5.74) is 2.44.